The van der Waals surface area contributed by atoms with Gasteiger partial charge in [-0.25, -0.2) is 0 Å². The third-order valence-electron chi connectivity index (χ3n) is 7.76. The van der Waals surface area contributed by atoms with E-state index in [-0.39, 0.29) is 5.41 Å². The quantitative estimate of drug-likeness (QED) is 0.701. The predicted octanol–water partition coefficient (Wildman–Crippen LogP) is 4.99. The van der Waals surface area contributed by atoms with Crippen LogP contribution in [-0.4, -0.2) is 30.3 Å². The summed E-state index contributed by atoms with van der Waals surface area (Å²) in [6.45, 7) is 3.62. The van der Waals surface area contributed by atoms with E-state index in [2.05, 4.69) is 29.2 Å². The number of likely N-dealkylation sites (tertiary alicyclic amines) is 1. The van der Waals surface area contributed by atoms with Crippen molar-refractivity contribution >= 4 is 5.78 Å². The molecular weight excluding hydrogens is 318 g/mol. The number of allylic oxidation sites excluding steroid dienone is 2. The van der Waals surface area contributed by atoms with E-state index in [1.165, 1.54) is 57.3 Å². The molecule has 1 aromatic rings. The molecule has 0 aromatic heterocycles. The van der Waals surface area contributed by atoms with Crippen LogP contribution in [0.25, 0.3) is 0 Å². The van der Waals surface area contributed by atoms with Crippen LogP contribution >= 0.6 is 0 Å². The summed E-state index contributed by atoms with van der Waals surface area (Å²) in [5.41, 5.74) is 2.49. The van der Waals surface area contributed by atoms with E-state index in [0.717, 1.165) is 42.6 Å². The Kier molecular flexibility index (Phi) is 4.27. The number of piperidine rings is 1. The Balaban J connectivity index is 1.23. The fraction of sp³-hybridized carbons (Fsp3) is 0.625. The Labute approximate surface area is 157 Å². The molecule has 1 aromatic carbocycles. The summed E-state index contributed by atoms with van der Waals surface area (Å²) in [6, 6.07) is 8.38. The SMILES string of the molecule is O=C1CC2(CCN(C[C@H]3CC[C@H]4CC=C[C@@H](C4)C3)CC2)c2ccccc21. The number of carbonyl (C=O) groups is 1. The van der Waals surface area contributed by atoms with Gasteiger partial charge in [-0.2, -0.15) is 0 Å². The molecule has 26 heavy (non-hydrogen) atoms. The average molecular weight is 350 g/mol. The zero-order chi connectivity index (χ0) is 17.6. The lowest BCUT2D eigenvalue weighted by atomic mass is 9.73. The van der Waals surface area contributed by atoms with Crippen LogP contribution in [0.2, 0.25) is 0 Å². The highest BCUT2D eigenvalue weighted by molar-refractivity contribution is 6.02. The Morgan fingerprint density at radius 3 is 2.81 bits per heavy atom. The van der Waals surface area contributed by atoms with Crippen molar-refractivity contribution in [3.8, 4) is 0 Å². The number of carbonyl (C=O) groups excluding carboxylic acids is 1. The molecule has 2 nitrogen and oxygen atoms in total. The summed E-state index contributed by atoms with van der Waals surface area (Å²) in [7, 11) is 0. The van der Waals surface area contributed by atoms with Gasteiger partial charge in [-0.05, 0) is 81.4 Å². The summed E-state index contributed by atoms with van der Waals surface area (Å²) >= 11 is 0. The van der Waals surface area contributed by atoms with Crippen LogP contribution in [-0.2, 0) is 5.41 Å². The molecule has 1 aliphatic heterocycles. The summed E-state index contributed by atoms with van der Waals surface area (Å²) in [6.07, 6.45) is 15.0. The van der Waals surface area contributed by atoms with Crippen molar-refractivity contribution < 1.29 is 4.79 Å². The van der Waals surface area contributed by atoms with Crippen LogP contribution in [0.3, 0.4) is 0 Å². The first-order valence-electron chi connectivity index (χ1n) is 10.7. The molecule has 0 N–H and O–H groups in total. The molecule has 3 aliphatic carbocycles. The second-order valence-electron chi connectivity index (χ2n) is 9.43. The van der Waals surface area contributed by atoms with Gasteiger partial charge in [0.1, 0.15) is 0 Å². The van der Waals surface area contributed by atoms with E-state index < -0.39 is 0 Å². The summed E-state index contributed by atoms with van der Waals surface area (Å²) in [5.74, 6) is 3.05. The summed E-state index contributed by atoms with van der Waals surface area (Å²) < 4.78 is 0. The molecule has 0 unspecified atom stereocenters. The van der Waals surface area contributed by atoms with Gasteiger partial charge < -0.3 is 4.90 Å². The molecule has 2 bridgehead atoms. The van der Waals surface area contributed by atoms with Crippen molar-refractivity contribution in [3.63, 3.8) is 0 Å². The molecule has 3 atom stereocenters. The van der Waals surface area contributed by atoms with Gasteiger partial charge in [-0.15, -0.1) is 0 Å². The second-order valence-corrected chi connectivity index (χ2v) is 9.43. The third kappa shape index (κ3) is 2.97. The second kappa shape index (κ2) is 6.64. The number of fused-ring (bicyclic) bond motifs is 4. The fourth-order valence-corrected chi connectivity index (χ4v) is 6.32. The minimum Gasteiger partial charge on any atom is -0.303 e. The number of hydrogen-bond donors (Lipinski definition) is 0. The van der Waals surface area contributed by atoms with Crippen molar-refractivity contribution in [2.75, 3.05) is 19.6 Å². The van der Waals surface area contributed by atoms with Crippen LogP contribution in [0.4, 0.5) is 0 Å². The van der Waals surface area contributed by atoms with Gasteiger partial charge in [-0.1, -0.05) is 36.4 Å². The van der Waals surface area contributed by atoms with Gasteiger partial charge in [0.05, 0.1) is 0 Å². The smallest absolute Gasteiger partial charge is 0.164 e. The highest BCUT2D eigenvalue weighted by Gasteiger charge is 2.45. The first kappa shape index (κ1) is 16.7. The van der Waals surface area contributed by atoms with E-state index in [4.69, 9.17) is 0 Å². The number of ketones is 1. The van der Waals surface area contributed by atoms with E-state index >= 15 is 0 Å². The first-order valence-corrected chi connectivity index (χ1v) is 10.7. The van der Waals surface area contributed by atoms with Crippen molar-refractivity contribution in [2.45, 2.75) is 56.8 Å². The zero-order valence-corrected chi connectivity index (χ0v) is 15.8. The lowest BCUT2D eigenvalue weighted by Crippen LogP contribution is -2.43. The predicted molar refractivity (Wildman–Crippen MR) is 105 cm³/mol. The summed E-state index contributed by atoms with van der Waals surface area (Å²) in [4.78, 5) is 15.2. The molecular formula is C24H31NO. The highest BCUT2D eigenvalue weighted by atomic mass is 16.1. The minimum atomic E-state index is 0.146. The molecule has 138 valence electrons. The number of benzene rings is 1. The molecule has 4 aliphatic rings. The lowest BCUT2D eigenvalue weighted by molar-refractivity contribution is 0.0919. The van der Waals surface area contributed by atoms with Crippen LogP contribution in [0.15, 0.2) is 36.4 Å². The van der Waals surface area contributed by atoms with Gasteiger partial charge in [0, 0.05) is 23.9 Å². The Bertz CT molecular complexity index is 713. The molecule has 1 saturated heterocycles. The fourth-order valence-electron chi connectivity index (χ4n) is 6.32. The van der Waals surface area contributed by atoms with E-state index in [1.807, 2.05) is 12.1 Å². The Morgan fingerprint density at radius 2 is 1.92 bits per heavy atom. The van der Waals surface area contributed by atoms with Crippen molar-refractivity contribution in [3.05, 3.63) is 47.5 Å². The highest BCUT2D eigenvalue weighted by Crippen LogP contribution is 2.46. The molecule has 2 heteroatoms. The Morgan fingerprint density at radius 1 is 1.08 bits per heavy atom. The van der Waals surface area contributed by atoms with Gasteiger partial charge in [0.2, 0.25) is 0 Å². The Hall–Kier alpha value is -1.41. The van der Waals surface area contributed by atoms with Crippen molar-refractivity contribution in [2.24, 2.45) is 17.8 Å². The monoisotopic (exact) mass is 349 g/mol. The zero-order valence-electron chi connectivity index (χ0n) is 15.8. The van der Waals surface area contributed by atoms with E-state index in [0.29, 0.717) is 5.78 Å². The molecule has 2 fully saturated rings. The standard InChI is InChI=1S/C24H31NO/c26-23-16-24(22-7-2-1-6-21(22)23)10-12-25(13-11-24)17-20-9-8-18-4-3-5-19(14-18)15-20/h1-3,5-7,18-20H,4,8-17H2/t18-,19+,20+/m1/s1. The van der Waals surface area contributed by atoms with Crippen LogP contribution in [0, 0.1) is 17.8 Å². The molecule has 1 heterocycles. The molecule has 0 radical (unpaired) electrons. The largest absolute Gasteiger partial charge is 0.303 e. The lowest BCUT2D eigenvalue weighted by Gasteiger charge is -2.41. The van der Waals surface area contributed by atoms with Crippen LogP contribution in [0.5, 0.6) is 0 Å². The summed E-state index contributed by atoms with van der Waals surface area (Å²) in [5, 5.41) is 0. The van der Waals surface area contributed by atoms with E-state index in [1.54, 1.807) is 0 Å². The number of rotatable bonds is 2. The number of Topliss-reactive ketones (excluding diaryl/α,β-unsaturated/α-hetero) is 1. The van der Waals surface area contributed by atoms with Crippen LogP contribution in [0.1, 0.15) is 67.3 Å². The van der Waals surface area contributed by atoms with Crippen LogP contribution < -0.4 is 0 Å². The number of hydrogen-bond acceptors (Lipinski definition) is 2. The van der Waals surface area contributed by atoms with Gasteiger partial charge in [-0.3, -0.25) is 4.79 Å². The third-order valence-corrected chi connectivity index (χ3v) is 7.76. The molecule has 1 saturated carbocycles. The first-order chi connectivity index (χ1) is 12.7. The maximum absolute atomic E-state index is 12.5. The van der Waals surface area contributed by atoms with Gasteiger partial charge >= 0.3 is 0 Å². The van der Waals surface area contributed by atoms with Crippen molar-refractivity contribution in [1.29, 1.82) is 0 Å². The minimum absolute atomic E-state index is 0.146. The maximum atomic E-state index is 12.5. The molecule has 0 amide bonds. The molecule has 1 spiro atoms. The van der Waals surface area contributed by atoms with Crippen molar-refractivity contribution in [1.82, 2.24) is 4.90 Å². The molecule has 5 rings (SSSR count). The number of nitrogens with zero attached hydrogens (tertiary/aromatic N) is 1. The topological polar surface area (TPSA) is 20.3 Å². The maximum Gasteiger partial charge on any atom is 0.164 e. The average Bonchev–Trinajstić information content (AvgIpc) is 2.86. The van der Waals surface area contributed by atoms with E-state index in [9.17, 15) is 4.79 Å². The van der Waals surface area contributed by atoms with Gasteiger partial charge in [0.15, 0.2) is 5.78 Å². The van der Waals surface area contributed by atoms with Gasteiger partial charge in [0.25, 0.3) is 0 Å². The normalized spacial score (nSPS) is 33.2.